The summed E-state index contributed by atoms with van der Waals surface area (Å²) in [6.07, 6.45) is 5.17. The molecule has 1 rings (SSSR count). The number of amides is 1. The minimum absolute atomic E-state index is 0.196. The van der Waals surface area contributed by atoms with Crippen molar-refractivity contribution in [3.63, 3.8) is 0 Å². The van der Waals surface area contributed by atoms with Gasteiger partial charge in [0.2, 0.25) is 0 Å². The Morgan fingerprint density at radius 2 is 1.83 bits per heavy atom. The van der Waals surface area contributed by atoms with Crippen LogP contribution >= 0.6 is 11.8 Å². The molecule has 6 heteroatoms. The zero-order valence-corrected chi connectivity index (χ0v) is 20.4. The molecule has 0 aliphatic heterocycles. The van der Waals surface area contributed by atoms with Crippen LogP contribution in [0.25, 0.3) is 0 Å². The summed E-state index contributed by atoms with van der Waals surface area (Å²) in [4.78, 5) is 16.7. The second kappa shape index (κ2) is 17.4. The number of hydrogen-bond acceptors (Lipinski definition) is 5. The van der Waals surface area contributed by atoms with Crippen LogP contribution in [0.1, 0.15) is 51.5 Å². The van der Waals surface area contributed by atoms with E-state index in [1.807, 2.05) is 47.0 Å². The Morgan fingerprint density at radius 1 is 1.07 bits per heavy atom. The first-order valence-electron chi connectivity index (χ1n) is 11.5. The van der Waals surface area contributed by atoms with E-state index >= 15 is 0 Å². The zero-order chi connectivity index (χ0) is 22.0. The third-order valence-electron chi connectivity index (χ3n) is 5.06. The topological polar surface area (TPSA) is 44.8 Å². The number of unbranched alkanes of at least 4 members (excludes halogenated alkanes) is 1. The summed E-state index contributed by atoms with van der Waals surface area (Å²) in [6, 6.07) is 10.3. The van der Waals surface area contributed by atoms with Gasteiger partial charge in [-0.15, -0.1) is 0 Å². The molecule has 30 heavy (non-hydrogen) atoms. The van der Waals surface area contributed by atoms with Crippen LogP contribution in [0, 0.1) is 0 Å². The number of nitrogens with zero attached hydrogens (tertiary/aromatic N) is 2. The Balaban J connectivity index is 2.32. The second-order valence-electron chi connectivity index (χ2n) is 8.00. The van der Waals surface area contributed by atoms with Crippen molar-refractivity contribution in [2.75, 3.05) is 51.8 Å². The molecule has 172 valence electrons. The van der Waals surface area contributed by atoms with Crippen molar-refractivity contribution in [1.29, 1.82) is 0 Å². The number of ether oxygens (including phenoxy) is 1. The van der Waals surface area contributed by atoms with Gasteiger partial charge < -0.3 is 19.9 Å². The lowest BCUT2D eigenvalue weighted by Gasteiger charge is -2.25. The number of rotatable bonds is 17. The molecule has 0 aliphatic rings. The zero-order valence-electron chi connectivity index (χ0n) is 19.6. The van der Waals surface area contributed by atoms with Crippen LogP contribution in [0.5, 0.6) is 0 Å². The number of thioether (sulfide) groups is 1. The Hall–Kier alpha value is -1.24. The van der Waals surface area contributed by atoms with Gasteiger partial charge in [-0.1, -0.05) is 50.6 Å². The van der Waals surface area contributed by atoms with Crippen molar-refractivity contribution in [1.82, 2.24) is 15.1 Å². The van der Waals surface area contributed by atoms with E-state index in [1.165, 1.54) is 12.2 Å². The van der Waals surface area contributed by atoms with Gasteiger partial charge >= 0.3 is 6.09 Å². The van der Waals surface area contributed by atoms with Crippen molar-refractivity contribution < 1.29 is 9.53 Å². The van der Waals surface area contributed by atoms with Crippen LogP contribution in [0.15, 0.2) is 30.3 Å². The normalized spacial score (nSPS) is 12.2. The average molecular weight is 438 g/mol. The molecule has 0 saturated carbocycles. The van der Waals surface area contributed by atoms with E-state index in [0.717, 1.165) is 63.2 Å². The van der Waals surface area contributed by atoms with E-state index in [0.29, 0.717) is 12.6 Å². The minimum atomic E-state index is -0.196. The molecule has 0 fully saturated rings. The van der Waals surface area contributed by atoms with Crippen LogP contribution in [-0.4, -0.2) is 73.7 Å². The molecule has 0 radical (unpaired) electrons. The molecule has 1 N–H and O–H groups in total. The maximum Gasteiger partial charge on any atom is 0.410 e. The fourth-order valence-corrected chi connectivity index (χ4v) is 3.94. The number of benzene rings is 1. The predicted molar refractivity (Wildman–Crippen MR) is 130 cm³/mol. The molecule has 0 heterocycles. The molecule has 1 amide bonds. The van der Waals surface area contributed by atoms with E-state index in [-0.39, 0.29) is 6.09 Å². The third-order valence-corrected chi connectivity index (χ3v) is 6.13. The summed E-state index contributed by atoms with van der Waals surface area (Å²) in [5.74, 6) is 2.36. The molecular formula is C24H43N3O2S. The van der Waals surface area contributed by atoms with E-state index < -0.39 is 0 Å². The molecule has 0 saturated heterocycles. The lowest BCUT2D eigenvalue weighted by Crippen LogP contribution is -2.38. The van der Waals surface area contributed by atoms with Crippen molar-refractivity contribution in [3.05, 3.63) is 35.9 Å². The second-order valence-corrected chi connectivity index (χ2v) is 9.22. The summed E-state index contributed by atoms with van der Waals surface area (Å²) in [6.45, 7) is 8.40. The van der Waals surface area contributed by atoms with Crippen LogP contribution in [0.2, 0.25) is 0 Å². The Bertz CT molecular complexity index is 543. The summed E-state index contributed by atoms with van der Waals surface area (Å²) >= 11 is 2.02. The van der Waals surface area contributed by atoms with E-state index in [9.17, 15) is 4.79 Å². The van der Waals surface area contributed by atoms with Gasteiger partial charge in [0.1, 0.15) is 6.61 Å². The number of nitrogens with one attached hydrogen (secondary N) is 1. The minimum Gasteiger partial charge on any atom is -0.445 e. The smallest absolute Gasteiger partial charge is 0.410 e. The predicted octanol–water partition coefficient (Wildman–Crippen LogP) is 4.87. The van der Waals surface area contributed by atoms with Gasteiger partial charge in [-0.05, 0) is 57.6 Å². The third kappa shape index (κ3) is 13.1. The monoisotopic (exact) mass is 437 g/mol. The first kappa shape index (κ1) is 26.8. The van der Waals surface area contributed by atoms with Crippen LogP contribution < -0.4 is 5.32 Å². The summed E-state index contributed by atoms with van der Waals surface area (Å²) in [5.41, 5.74) is 1.03. The lowest BCUT2D eigenvalue weighted by molar-refractivity contribution is 0.0940. The maximum absolute atomic E-state index is 12.6. The van der Waals surface area contributed by atoms with E-state index in [4.69, 9.17) is 4.74 Å². The largest absolute Gasteiger partial charge is 0.445 e. The highest BCUT2D eigenvalue weighted by atomic mass is 32.2. The quantitative estimate of drug-likeness (QED) is 0.352. The number of carbonyl (C=O) groups excluding carboxylic acids is 1. The number of carbonyl (C=O) groups is 1. The molecule has 1 aromatic rings. The van der Waals surface area contributed by atoms with E-state index in [2.05, 4.69) is 38.2 Å². The van der Waals surface area contributed by atoms with Gasteiger partial charge in [0.25, 0.3) is 0 Å². The molecule has 0 spiro atoms. The number of hydrogen-bond donors (Lipinski definition) is 1. The van der Waals surface area contributed by atoms with Gasteiger partial charge in [-0.2, -0.15) is 11.8 Å². The van der Waals surface area contributed by atoms with Gasteiger partial charge in [0, 0.05) is 31.4 Å². The molecule has 0 bridgehead atoms. The van der Waals surface area contributed by atoms with Gasteiger partial charge in [-0.25, -0.2) is 4.79 Å². The Morgan fingerprint density at radius 3 is 2.50 bits per heavy atom. The first-order valence-corrected chi connectivity index (χ1v) is 12.6. The highest BCUT2D eigenvalue weighted by molar-refractivity contribution is 7.99. The summed E-state index contributed by atoms with van der Waals surface area (Å²) in [5, 5.41) is 3.67. The SMILES string of the molecule is CCCCN(CCC(CC)NCCSCCCN(C)C)C(=O)OCc1ccccc1. The molecule has 5 nitrogen and oxygen atoms in total. The molecule has 1 aromatic carbocycles. The van der Waals surface area contributed by atoms with Crippen molar-refractivity contribution in [2.24, 2.45) is 0 Å². The maximum atomic E-state index is 12.6. The fourth-order valence-electron chi connectivity index (χ4n) is 3.14. The Kier molecular flexibility index (Phi) is 15.6. The molecule has 1 unspecified atom stereocenters. The molecule has 0 aromatic heterocycles. The Labute approximate surface area is 188 Å². The van der Waals surface area contributed by atoms with Crippen LogP contribution in [0.3, 0.4) is 0 Å². The molecular weight excluding hydrogens is 394 g/mol. The van der Waals surface area contributed by atoms with Crippen LogP contribution in [-0.2, 0) is 11.3 Å². The lowest BCUT2D eigenvalue weighted by atomic mass is 10.1. The van der Waals surface area contributed by atoms with Crippen LogP contribution in [0.4, 0.5) is 4.79 Å². The van der Waals surface area contributed by atoms with Crippen molar-refractivity contribution >= 4 is 17.9 Å². The van der Waals surface area contributed by atoms with E-state index in [1.54, 1.807) is 0 Å². The standard InChI is InChI=1S/C24H43N3O2S/c1-5-7-17-27(24(28)29-21-22-12-9-8-10-13-22)18-14-23(6-2)25-15-20-30-19-11-16-26(3)4/h8-10,12-13,23,25H,5-7,11,14-21H2,1-4H3. The highest BCUT2D eigenvalue weighted by Gasteiger charge is 2.16. The van der Waals surface area contributed by atoms with Gasteiger partial charge in [0.05, 0.1) is 0 Å². The van der Waals surface area contributed by atoms with Crippen molar-refractivity contribution in [2.45, 2.75) is 58.6 Å². The van der Waals surface area contributed by atoms with Gasteiger partial charge in [-0.3, -0.25) is 0 Å². The first-order chi connectivity index (χ1) is 14.6. The molecule has 1 atom stereocenters. The average Bonchev–Trinajstić information content (AvgIpc) is 2.75. The fraction of sp³-hybridized carbons (Fsp3) is 0.708. The summed E-state index contributed by atoms with van der Waals surface area (Å²) < 4.78 is 5.57. The van der Waals surface area contributed by atoms with Crippen molar-refractivity contribution in [3.8, 4) is 0 Å². The summed E-state index contributed by atoms with van der Waals surface area (Å²) in [7, 11) is 4.25. The highest BCUT2D eigenvalue weighted by Crippen LogP contribution is 2.08. The van der Waals surface area contributed by atoms with Gasteiger partial charge in [0.15, 0.2) is 0 Å². The molecule has 0 aliphatic carbocycles.